The summed E-state index contributed by atoms with van der Waals surface area (Å²) in [4.78, 5) is 5.61. The zero-order chi connectivity index (χ0) is 13.5. The molecule has 0 radical (unpaired) electrons. The third kappa shape index (κ3) is 5.34. The first-order chi connectivity index (χ1) is 8.52. The molecular weight excluding hydrogens is 260 g/mol. The van der Waals surface area contributed by atoms with Crippen LogP contribution in [0.1, 0.15) is 22.0 Å². The molecule has 0 aromatic carbocycles. The molecule has 0 aliphatic carbocycles. The lowest BCUT2D eigenvalue weighted by Gasteiger charge is -2.14. The highest BCUT2D eigenvalue weighted by atomic mass is 32.1. The van der Waals surface area contributed by atoms with E-state index in [9.17, 15) is 8.78 Å². The Balaban J connectivity index is 2.33. The number of ether oxygens (including phenoxy) is 1. The number of hydrogen-bond acceptors (Lipinski definition) is 5. The maximum atomic E-state index is 11.9. The number of nitrogens with two attached hydrogens (primary N) is 1. The second kappa shape index (κ2) is 7.73. The smallest absolute Gasteiger partial charge is 0.261 e. The van der Waals surface area contributed by atoms with Crippen LogP contribution in [0.5, 0.6) is 0 Å². The zero-order valence-corrected chi connectivity index (χ0v) is 11.4. The van der Waals surface area contributed by atoms with E-state index in [1.165, 1.54) is 4.88 Å². The van der Waals surface area contributed by atoms with Gasteiger partial charge in [0.25, 0.3) is 6.43 Å². The van der Waals surface area contributed by atoms with Gasteiger partial charge in [0, 0.05) is 23.9 Å². The van der Waals surface area contributed by atoms with Crippen molar-refractivity contribution in [2.24, 2.45) is 5.84 Å². The number of aryl methyl sites for hydroxylation is 2. The molecule has 104 valence electrons. The molecule has 0 aliphatic heterocycles. The summed E-state index contributed by atoms with van der Waals surface area (Å²) in [5.41, 5.74) is 3.69. The van der Waals surface area contributed by atoms with Crippen LogP contribution in [0, 0.1) is 13.8 Å². The average molecular weight is 279 g/mol. The molecule has 7 heteroatoms. The van der Waals surface area contributed by atoms with Crippen LogP contribution in [0.15, 0.2) is 0 Å². The van der Waals surface area contributed by atoms with Crippen molar-refractivity contribution >= 4 is 11.3 Å². The van der Waals surface area contributed by atoms with Gasteiger partial charge in [-0.15, -0.1) is 11.3 Å². The largest absolute Gasteiger partial charge is 0.375 e. The first-order valence-corrected chi connectivity index (χ1v) is 6.59. The fourth-order valence-corrected chi connectivity index (χ4v) is 2.49. The topological polar surface area (TPSA) is 60.2 Å². The van der Waals surface area contributed by atoms with E-state index in [0.717, 1.165) is 10.7 Å². The van der Waals surface area contributed by atoms with Crippen LogP contribution in [0.2, 0.25) is 0 Å². The summed E-state index contributed by atoms with van der Waals surface area (Å²) in [6, 6.07) is -0.00683. The van der Waals surface area contributed by atoms with Crippen molar-refractivity contribution in [3.8, 4) is 0 Å². The van der Waals surface area contributed by atoms with Crippen molar-refractivity contribution in [1.29, 1.82) is 0 Å². The van der Waals surface area contributed by atoms with Gasteiger partial charge in [0.05, 0.1) is 10.7 Å². The molecule has 0 spiro atoms. The Bertz CT molecular complexity index is 341. The predicted molar refractivity (Wildman–Crippen MR) is 67.8 cm³/mol. The minimum absolute atomic E-state index is 0.00683. The van der Waals surface area contributed by atoms with Gasteiger partial charge in [-0.2, -0.15) is 0 Å². The lowest BCUT2D eigenvalue weighted by Crippen LogP contribution is -2.37. The van der Waals surface area contributed by atoms with Crippen LogP contribution in [-0.2, 0) is 11.2 Å². The van der Waals surface area contributed by atoms with Crippen molar-refractivity contribution in [2.45, 2.75) is 39.2 Å². The Hall–Kier alpha value is -0.630. The van der Waals surface area contributed by atoms with Gasteiger partial charge in [-0.25, -0.2) is 13.8 Å². The van der Waals surface area contributed by atoms with Crippen molar-refractivity contribution < 1.29 is 13.5 Å². The summed E-state index contributed by atoms with van der Waals surface area (Å²) in [5, 5.41) is 1.00. The Labute approximate surface area is 110 Å². The minimum Gasteiger partial charge on any atom is -0.375 e. The Morgan fingerprint density at radius 2 is 2.17 bits per heavy atom. The molecular formula is C11H19F2N3OS. The second-order valence-electron chi connectivity index (χ2n) is 4.07. The Kier molecular flexibility index (Phi) is 6.62. The van der Waals surface area contributed by atoms with E-state index in [1.807, 2.05) is 13.8 Å². The Morgan fingerprint density at radius 1 is 1.44 bits per heavy atom. The standard InChI is InChI=1S/C11H19F2N3OS/c1-7-8(2)18-11(15-7)5-9(16-14)3-4-17-6-10(12)13/h9-10,16H,3-6,14H2,1-2H3. The van der Waals surface area contributed by atoms with Gasteiger partial charge in [-0.1, -0.05) is 0 Å². The molecule has 0 bridgehead atoms. The fraction of sp³-hybridized carbons (Fsp3) is 0.727. The van der Waals surface area contributed by atoms with Crippen LogP contribution >= 0.6 is 11.3 Å². The van der Waals surface area contributed by atoms with E-state index < -0.39 is 13.0 Å². The third-order valence-electron chi connectivity index (χ3n) is 2.58. The molecule has 4 nitrogen and oxygen atoms in total. The number of alkyl halides is 2. The van der Waals surface area contributed by atoms with Crippen LogP contribution in [0.4, 0.5) is 8.78 Å². The number of aromatic nitrogens is 1. The normalized spacial score (nSPS) is 13.2. The van der Waals surface area contributed by atoms with Gasteiger partial charge in [-0.05, 0) is 20.3 Å². The summed E-state index contributed by atoms with van der Waals surface area (Å²) >= 11 is 1.63. The van der Waals surface area contributed by atoms with Crippen LogP contribution in [0.25, 0.3) is 0 Å². The van der Waals surface area contributed by atoms with Gasteiger partial charge in [-0.3, -0.25) is 11.3 Å². The number of halogens is 2. The minimum atomic E-state index is -2.42. The monoisotopic (exact) mass is 279 g/mol. The zero-order valence-electron chi connectivity index (χ0n) is 10.6. The van der Waals surface area contributed by atoms with Crippen molar-refractivity contribution in [3.63, 3.8) is 0 Å². The number of thiazole rings is 1. The summed E-state index contributed by atoms with van der Waals surface area (Å²) in [6.45, 7) is 3.73. The maximum absolute atomic E-state index is 11.9. The molecule has 0 fully saturated rings. The van der Waals surface area contributed by atoms with Crippen molar-refractivity contribution in [2.75, 3.05) is 13.2 Å². The maximum Gasteiger partial charge on any atom is 0.261 e. The van der Waals surface area contributed by atoms with E-state index in [1.54, 1.807) is 11.3 Å². The van der Waals surface area contributed by atoms with E-state index in [-0.39, 0.29) is 12.6 Å². The number of nitrogens with one attached hydrogen (secondary N) is 1. The molecule has 1 aromatic heterocycles. The number of hydrogen-bond donors (Lipinski definition) is 2. The average Bonchev–Trinajstić information content (AvgIpc) is 2.62. The molecule has 1 rings (SSSR count). The second-order valence-corrected chi connectivity index (χ2v) is 5.36. The third-order valence-corrected chi connectivity index (χ3v) is 3.68. The summed E-state index contributed by atoms with van der Waals surface area (Å²) in [7, 11) is 0. The van der Waals surface area contributed by atoms with Crippen molar-refractivity contribution in [3.05, 3.63) is 15.6 Å². The molecule has 0 aliphatic rings. The lowest BCUT2D eigenvalue weighted by molar-refractivity contribution is 0.0144. The molecule has 18 heavy (non-hydrogen) atoms. The number of nitrogens with zero attached hydrogens (tertiary/aromatic N) is 1. The lowest BCUT2D eigenvalue weighted by atomic mass is 10.1. The van der Waals surface area contributed by atoms with Gasteiger partial charge < -0.3 is 4.74 Å². The highest BCUT2D eigenvalue weighted by Gasteiger charge is 2.12. The van der Waals surface area contributed by atoms with E-state index >= 15 is 0 Å². The molecule has 1 aromatic rings. The number of hydrazine groups is 1. The first-order valence-electron chi connectivity index (χ1n) is 5.77. The van der Waals surface area contributed by atoms with Crippen molar-refractivity contribution in [1.82, 2.24) is 10.4 Å². The predicted octanol–water partition coefficient (Wildman–Crippen LogP) is 1.81. The van der Waals surface area contributed by atoms with Gasteiger partial charge in [0.1, 0.15) is 6.61 Å². The molecule has 0 amide bonds. The molecule has 0 saturated heterocycles. The van der Waals surface area contributed by atoms with E-state index in [4.69, 9.17) is 10.6 Å². The first kappa shape index (κ1) is 15.4. The van der Waals surface area contributed by atoms with Gasteiger partial charge in [0.2, 0.25) is 0 Å². The van der Waals surface area contributed by atoms with Gasteiger partial charge >= 0.3 is 0 Å². The highest BCUT2D eigenvalue weighted by Crippen LogP contribution is 2.18. The quantitative estimate of drug-likeness (QED) is 0.433. The SMILES string of the molecule is Cc1nc(CC(CCOCC(F)F)NN)sc1C. The van der Waals surface area contributed by atoms with Crippen LogP contribution in [0.3, 0.4) is 0 Å². The number of rotatable bonds is 8. The summed E-state index contributed by atoms with van der Waals surface area (Å²) < 4.78 is 28.6. The van der Waals surface area contributed by atoms with Gasteiger partial charge in [0.15, 0.2) is 0 Å². The highest BCUT2D eigenvalue weighted by molar-refractivity contribution is 7.11. The molecule has 3 N–H and O–H groups in total. The Morgan fingerprint density at radius 3 is 2.67 bits per heavy atom. The molecule has 0 saturated carbocycles. The molecule has 1 atom stereocenters. The van der Waals surface area contributed by atoms with E-state index in [0.29, 0.717) is 12.8 Å². The molecule has 1 heterocycles. The summed E-state index contributed by atoms with van der Waals surface area (Å²) in [6.07, 6.45) is -1.15. The van der Waals surface area contributed by atoms with Crippen LogP contribution < -0.4 is 11.3 Å². The van der Waals surface area contributed by atoms with E-state index in [2.05, 4.69) is 10.4 Å². The fourth-order valence-electron chi connectivity index (χ4n) is 1.48. The molecule has 1 unspecified atom stereocenters. The summed E-state index contributed by atoms with van der Waals surface area (Å²) in [5.74, 6) is 5.43. The van der Waals surface area contributed by atoms with Crippen LogP contribution in [-0.4, -0.2) is 30.7 Å².